The Kier molecular flexibility index (Phi) is 6.52. The highest BCUT2D eigenvalue weighted by Gasteiger charge is 2.01. The zero-order valence-corrected chi connectivity index (χ0v) is 13.1. The van der Waals surface area contributed by atoms with Gasteiger partial charge in [0, 0.05) is 23.6 Å². The van der Waals surface area contributed by atoms with E-state index in [4.69, 9.17) is 10.4 Å². The van der Waals surface area contributed by atoms with Crippen molar-refractivity contribution in [2.24, 2.45) is 0 Å². The van der Waals surface area contributed by atoms with E-state index in [2.05, 4.69) is 0 Å². The van der Waals surface area contributed by atoms with Gasteiger partial charge in [-0.1, -0.05) is 45.9 Å². The zero-order chi connectivity index (χ0) is 15.9. The Hall–Kier alpha value is -1.26. The number of hydrogen-bond donors (Lipinski definition) is 3. The number of quaternary nitrogens is 1. The first-order valence-electron chi connectivity index (χ1n) is 6.38. The minimum atomic E-state index is -0.920. The maximum absolute atomic E-state index is 10.7. The zero-order valence-electron chi connectivity index (χ0n) is 11.5. The summed E-state index contributed by atoms with van der Waals surface area (Å²) in [5.74, 6) is 1.57. The molecule has 0 radical (unpaired) electrons. The first kappa shape index (κ1) is 17.1. The summed E-state index contributed by atoms with van der Waals surface area (Å²) in [4.78, 5) is 0. The van der Waals surface area contributed by atoms with Gasteiger partial charge in [0.15, 0.2) is 5.69 Å². The second kappa shape index (κ2) is 8.39. The fourth-order valence-electron chi connectivity index (χ4n) is 1.68. The third kappa shape index (κ3) is 5.18. The van der Waals surface area contributed by atoms with E-state index < -0.39 is 5.23 Å². The molecule has 0 aliphatic heterocycles. The lowest BCUT2D eigenvalue weighted by atomic mass is 10.2. The second-order valence-electron chi connectivity index (χ2n) is 4.47. The van der Waals surface area contributed by atoms with Crippen molar-refractivity contribution in [3.8, 4) is 0 Å². The van der Waals surface area contributed by atoms with Crippen LogP contribution in [0.1, 0.15) is 11.1 Å². The molecule has 22 heavy (non-hydrogen) atoms. The van der Waals surface area contributed by atoms with Crippen LogP contribution in [0.3, 0.4) is 0 Å². The van der Waals surface area contributed by atoms with Gasteiger partial charge in [-0.05, 0) is 23.3 Å². The van der Waals surface area contributed by atoms with Crippen molar-refractivity contribution in [3.63, 3.8) is 0 Å². The third-order valence-corrected chi connectivity index (χ3v) is 5.17. The van der Waals surface area contributed by atoms with Gasteiger partial charge in [-0.25, -0.2) is 5.21 Å². The minimum absolute atomic E-state index is 0.160. The summed E-state index contributed by atoms with van der Waals surface area (Å²) < 4.78 is 0. The van der Waals surface area contributed by atoms with E-state index in [0.717, 1.165) is 22.6 Å². The van der Waals surface area contributed by atoms with Crippen molar-refractivity contribution in [2.45, 2.75) is 11.5 Å². The lowest BCUT2D eigenvalue weighted by Crippen LogP contribution is -2.99. The SMILES string of the molecule is [O-]N(O)c1ccc(CSSCc2ccc([NH+]([O-])O)cc2)cc1. The molecule has 8 heteroatoms. The monoisotopic (exact) mass is 339 g/mol. The second-order valence-corrected chi connectivity index (χ2v) is 6.93. The predicted molar refractivity (Wildman–Crippen MR) is 88.9 cm³/mol. The molecule has 118 valence electrons. The quantitative estimate of drug-likeness (QED) is 0.405. The van der Waals surface area contributed by atoms with Crippen LogP contribution in [-0.4, -0.2) is 10.4 Å². The molecule has 6 nitrogen and oxygen atoms in total. The van der Waals surface area contributed by atoms with Crippen LogP contribution in [0, 0.1) is 10.4 Å². The smallest absolute Gasteiger partial charge is 0.163 e. The summed E-state index contributed by atoms with van der Waals surface area (Å²) in [5.41, 5.74) is 2.63. The summed E-state index contributed by atoms with van der Waals surface area (Å²) in [6.07, 6.45) is 0. The largest absolute Gasteiger partial charge is 0.733 e. The van der Waals surface area contributed by atoms with Crippen LogP contribution in [0.15, 0.2) is 48.5 Å². The molecular weight excluding hydrogens is 324 g/mol. The van der Waals surface area contributed by atoms with Gasteiger partial charge < -0.3 is 15.6 Å². The van der Waals surface area contributed by atoms with E-state index in [1.165, 1.54) is 0 Å². The van der Waals surface area contributed by atoms with E-state index in [1.807, 2.05) is 12.1 Å². The van der Waals surface area contributed by atoms with Crippen LogP contribution in [-0.2, 0) is 11.5 Å². The molecule has 3 N–H and O–H groups in total. The van der Waals surface area contributed by atoms with Crippen molar-refractivity contribution in [1.82, 2.24) is 0 Å². The standard InChI is InChI=1S/C14H15N2O4S2/c17-15(18)13-5-1-11(2-6-13)9-21-22-10-12-3-7-14(8-4-12)16(19)20/h1-8,15,17,19H,9-10H2/q-1. The molecule has 0 amide bonds. The Morgan fingerprint density at radius 1 is 0.909 bits per heavy atom. The van der Waals surface area contributed by atoms with Crippen molar-refractivity contribution in [2.75, 3.05) is 5.23 Å². The van der Waals surface area contributed by atoms with Gasteiger partial charge in [-0.2, -0.15) is 5.23 Å². The molecule has 1 atom stereocenters. The Morgan fingerprint density at radius 2 is 1.36 bits per heavy atom. The van der Waals surface area contributed by atoms with Crippen LogP contribution < -0.4 is 10.5 Å². The van der Waals surface area contributed by atoms with Gasteiger partial charge in [-0.15, -0.1) is 0 Å². The van der Waals surface area contributed by atoms with Crippen LogP contribution in [0.4, 0.5) is 11.4 Å². The van der Waals surface area contributed by atoms with Crippen LogP contribution in [0.25, 0.3) is 0 Å². The number of rotatable bonds is 7. The van der Waals surface area contributed by atoms with Crippen molar-refractivity contribution < 1.29 is 15.6 Å². The summed E-state index contributed by atoms with van der Waals surface area (Å²) in [6.45, 7) is 0. The fourth-order valence-corrected chi connectivity index (χ4v) is 3.82. The average Bonchev–Trinajstić information content (AvgIpc) is 2.52. The molecule has 0 fully saturated rings. The number of nitrogens with zero attached hydrogens (tertiary/aromatic N) is 1. The average molecular weight is 339 g/mol. The Morgan fingerprint density at radius 3 is 1.77 bits per heavy atom. The van der Waals surface area contributed by atoms with Gasteiger partial charge in [-0.3, -0.25) is 5.21 Å². The van der Waals surface area contributed by atoms with Gasteiger partial charge in [0.2, 0.25) is 0 Å². The molecule has 0 saturated carbocycles. The molecule has 2 aromatic carbocycles. The summed E-state index contributed by atoms with van der Waals surface area (Å²) in [5, 5.41) is 37.9. The van der Waals surface area contributed by atoms with Gasteiger partial charge in [0.05, 0.1) is 5.69 Å². The lowest BCUT2D eigenvalue weighted by molar-refractivity contribution is -0.991. The molecule has 0 aliphatic carbocycles. The molecule has 2 rings (SSSR count). The highest BCUT2D eigenvalue weighted by Crippen LogP contribution is 2.30. The van der Waals surface area contributed by atoms with Gasteiger partial charge in [0.1, 0.15) is 0 Å². The first-order chi connectivity index (χ1) is 10.6. The summed E-state index contributed by atoms with van der Waals surface area (Å²) in [6, 6.07) is 13.6. The normalized spacial score (nSPS) is 12.2. The molecule has 0 heterocycles. The van der Waals surface area contributed by atoms with Crippen molar-refractivity contribution in [1.29, 1.82) is 0 Å². The highest BCUT2D eigenvalue weighted by molar-refractivity contribution is 8.76. The van der Waals surface area contributed by atoms with Crippen molar-refractivity contribution in [3.05, 3.63) is 70.1 Å². The first-order valence-corrected chi connectivity index (χ1v) is 8.87. The predicted octanol–water partition coefficient (Wildman–Crippen LogP) is 2.87. The maximum atomic E-state index is 10.7. The van der Waals surface area contributed by atoms with Crippen LogP contribution in [0.5, 0.6) is 0 Å². The number of anilines is 1. The lowest BCUT2D eigenvalue weighted by Gasteiger charge is -2.21. The van der Waals surface area contributed by atoms with E-state index in [0.29, 0.717) is 0 Å². The minimum Gasteiger partial charge on any atom is -0.733 e. The van der Waals surface area contributed by atoms with E-state index in [1.54, 1.807) is 58.0 Å². The molecule has 0 aromatic heterocycles. The number of benzene rings is 2. The summed E-state index contributed by atoms with van der Waals surface area (Å²) >= 11 is 0. The maximum Gasteiger partial charge on any atom is 0.163 e. The molecule has 0 spiro atoms. The molecule has 0 bridgehead atoms. The molecule has 1 unspecified atom stereocenters. The van der Waals surface area contributed by atoms with Crippen molar-refractivity contribution >= 4 is 33.0 Å². The molecule has 2 aromatic rings. The van der Waals surface area contributed by atoms with Gasteiger partial charge in [0.25, 0.3) is 0 Å². The Balaban J connectivity index is 1.74. The molecular formula is C14H15N2O4S2-. The molecule has 0 saturated heterocycles. The number of hydrogen-bond acceptors (Lipinski definition) is 7. The molecule has 0 aliphatic rings. The fraction of sp³-hybridized carbons (Fsp3) is 0.143. The van der Waals surface area contributed by atoms with Crippen LogP contribution in [0.2, 0.25) is 0 Å². The van der Waals surface area contributed by atoms with E-state index in [9.17, 15) is 10.4 Å². The number of nitrogens with one attached hydrogen (secondary N) is 1. The van der Waals surface area contributed by atoms with E-state index >= 15 is 0 Å². The van der Waals surface area contributed by atoms with Crippen LogP contribution >= 0.6 is 21.6 Å². The topological polar surface area (TPSA) is 94.3 Å². The summed E-state index contributed by atoms with van der Waals surface area (Å²) in [7, 11) is 3.35. The highest BCUT2D eigenvalue weighted by atomic mass is 33.1. The third-order valence-electron chi connectivity index (χ3n) is 2.89. The Bertz CT molecular complexity index is 523. The Labute approximate surface area is 135 Å². The van der Waals surface area contributed by atoms with E-state index in [-0.39, 0.29) is 16.6 Å². The van der Waals surface area contributed by atoms with Gasteiger partial charge >= 0.3 is 0 Å².